The highest BCUT2D eigenvalue weighted by Crippen LogP contribution is 2.44. The first-order chi connectivity index (χ1) is 16.5. The van der Waals surface area contributed by atoms with E-state index >= 15 is 0 Å². The van der Waals surface area contributed by atoms with Gasteiger partial charge in [-0.05, 0) is 63.6 Å². The molecule has 5 nitrogen and oxygen atoms in total. The van der Waals surface area contributed by atoms with Gasteiger partial charge in [0.1, 0.15) is 12.6 Å². The molecule has 1 aliphatic rings. The number of rotatable bonds is 7. The first kappa shape index (κ1) is 22.4. The third kappa shape index (κ3) is 4.39. The Morgan fingerprint density at radius 3 is 2.38 bits per heavy atom. The number of carboxylic acid groups (broad SMARTS) is 1. The van der Waals surface area contributed by atoms with Crippen LogP contribution in [0.1, 0.15) is 29.0 Å². The van der Waals surface area contributed by atoms with Gasteiger partial charge in [0.05, 0.1) is 9.72 Å². The van der Waals surface area contributed by atoms with E-state index in [2.05, 4.69) is 17.4 Å². The predicted molar refractivity (Wildman–Crippen MR) is 135 cm³/mol. The summed E-state index contributed by atoms with van der Waals surface area (Å²) >= 11 is 7.91. The van der Waals surface area contributed by atoms with Crippen molar-refractivity contribution < 1.29 is 19.4 Å². The van der Waals surface area contributed by atoms with E-state index in [1.54, 1.807) is 11.3 Å². The second kappa shape index (κ2) is 9.49. The zero-order valence-electron chi connectivity index (χ0n) is 18.2. The minimum Gasteiger partial charge on any atom is -0.480 e. The standard InChI is InChI=1S/C27H22ClNO4S/c28-23-14-16(13-17-11-12-34-25(17)23)9-10-24(26(30)31)29-27(32)33-15-22-20-7-3-1-5-18(20)19-6-2-4-8-21(19)22/h1-8,11-14,22,24H,9-10,15H2,(H,29,32)(H,30,31)/t24-/m0/s1. The number of benzene rings is 3. The number of carboxylic acids is 1. The van der Waals surface area contributed by atoms with Gasteiger partial charge >= 0.3 is 12.1 Å². The topological polar surface area (TPSA) is 75.6 Å². The summed E-state index contributed by atoms with van der Waals surface area (Å²) in [4.78, 5) is 24.3. The maximum atomic E-state index is 12.5. The Hall–Kier alpha value is -3.35. The number of hydrogen-bond acceptors (Lipinski definition) is 4. The highest BCUT2D eigenvalue weighted by atomic mass is 35.5. The average molecular weight is 492 g/mol. The third-order valence-corrected chi connectivity index (χ3v) is 7.59. The van der Waals surface area contributed by atoms with E-state index in [1.807, 2.05) is 60.0 Å². The number of amides is 1. The van der Waals surface area contributed by atoms with Crippen molar-refractivity contribution in [2.24, 2.45) is 0 Å². The number of ether oxygens (including phenoxy) is 1. The van der Waals surface area contributed by atoms with E-state index in [0.717, 1.165) is 37.9 Å². The molecule has 4 aromatic rings. The summed E-state index contributed by atoms with van der Waals surface area (Å²) in [6, 6.07) is 20.9. The zero-order valence-corrected chi connectivity index (χ0v) is 19.7. The second-order valence-electron chi connectivity index (χ2n) is 8.32. The average Bonchev–Trinajstić information content (AvgIpc) is 3.43. The van der Waals surface area contributed by atoms with Crippen LogP contribution >= 0.6 is 22.9 Å². The summed E-state index contributed by atoms with van der Waals surface area (Å²) in [6.07, 6.45) is -0.0435. The molecule has 7 heteroatoms. The van der Waals surface area contributed by atoms with Crippen LogP contribution < -0.4 is 5.32 Å². The van der Waals surface area contributed by atoms with E-state index in [-0.39, 0.29) is 18.9 Å². The number of hydrogen-bond donors (Lipinski definition) is 2. The molecule has 34 heavy (non-hydrogen) atoms. The van der Waals surface area contributed by atoms with Crippen molar-refractivity contribution in [2.75, 3.05) is 6.61 Å². The molecule has 1 amide bonds. The number of aliphatic carboxylic acids is 1. The van der Waals surface area contributed by atoms with Crippen molar-refractivity contribution >= 4 is 45.1 Å². The van der Waals surface area contributed by atoms with Crippen LogP contribution in [0.4, 0.5) is 4.79 Å². The summed E-state index contributed by atoms with van der Waals surface area (Å²) in [5, 5.41) is 15.8. The van der Waals surface area contributed by atoms with E-state index in [0.29, 0.717) is 11.4 Å². The summed E-state index contributed by atoms with van der Waals surface area (Å²) in [5.41, 5.74) is 5.41. The molecule has 1 aromatic heterocycles. The molecular formula is C27H22ClNO4S. The van der Waals surface area contributed by atoms with Crippen LogP contribution in [0.5, 0.6) is 0 Å². The Kier molecular flexibility index (Phi) is 6.26. The monoisotopic (exact) mass is 491 g/mol. The summed E-state index contributed by atoms with van der Waals surface area (Å²) < 4.78 is 6.52. The minimum absolute atomic E-state index is 0.0825. The minimum atomic E-state index is -1.10. The van der Waals surface area contributed by atoms with Gasteiger partial charge in [-0.25, -0.2) is 9.59 Å². The third-order valence-electron chi connectivity index (χ3n) is 6.22. The van der Waals surface area contributed by atoms with Crippen molar-refractivity contribution in [3.8, 4) is 11.1 Å². The molecule has 0 unspecified atom stereocenters. The van der Waals surface area contributed by atoms with E-state index in [9.17, 15) is 14.7 Å². The number of nitrogens with one attached hydrogen (secondary N) is 1. The molecule has 0 bridgehead atoms. The van der Waals surface area contributed by atoms with Crippen LogP contribution in [-0.2, 0) is 16.0 Å². The van der Waals surface area contributed by atoms with Gasteiger partial charge in [0.2, 0.25) is 0 Å². The fourth-order valence-electron chi connectivity index (χ4n) is 4.59. The van der Waals surface area contributed by atoms with E-state index < -0.39 is 18.1 Å². The van der Waals surface area contributed by atoms with Crippen LogP contribution in [0.15, 0.2) is 72.1 Å². The Bertz CT molecular complexity index is 1340. The fraction of sp³-hybridized carbons (Fsp3) is 0.185. The molecule has 1 aliphatic carbocycles. The molecule has 2 N–H and O–H groups in total. The van der Waals surface area contributed by atoms with Gasteiger partial charge < -0.3 is 15.2 Å². The van der Waals surface area contributed by atoms with Gasteiger partial charge in [0, 0.05) is 5.92 Å². The molecule has 5 rings (SSSR count). The van der Waals surface area contributed by atoms with E-state index in [4.69, 9.17) is 16.3 Å². The quantitative estimate of drug-likeness (QED) is 0.310. The van der Waals surface area contributed by atoms with Gasteiger partial charge in [-0.2, -0.15) is 0 Å². The molecule has 1 heterocycles. The molecule has 1 atom stereocenters. The van der Waals surface area contributed by atoms with Gasteiger partial charge in [0.25, 0.3) is 0 Å². The van der Waals surface area contributed by atoms with Crippen molar-refractivity contribution in [3.63, 3.8) is 0 Å². The van der Waals surface area contributed by atoms with Crippen LogP contribution in [0, 0.1) is 0 Å². The van der Waals surface area contributed by atoms with Gasteiger partial charge in [-0.3, -0.25) is 0 Å². The molecule has 0 spiro atoms. The number of thiophene rings is 1. The Balaban J connectivity index is 1.22. The van der Waals surface area contributed by atoms with Crippen molar-refractivity contribution in [1.82, 2.24) is 5.32 Å². The second-order valence-corrected chi connectivity index (χ2v) is 9.64. The largest absolute Gasteiger partial charge is 0.480 e. The SMILES string of the molecule is O=C(N[C@@H](CCc1cc(Cl)c2sccc2c1)C(=O)O)OCC1c2ccccc2-c2ccccc21. The Morgan fingerprint density at radius 1 is 1.03 bits per heavy atom. The first-order valence-corrected chi connectivity index (χ1v) is 12.3. The summed E-state index contributed by atoms with van der Waals surface area (Å²) in [5.74, 6) is -1.18. The van der Waals surface area contributed by atoms with Gasteiger partial charge in [-0.1, -0.05) is 66.2 Å². The predicted octanol–water partition coefficient (Wildman–Crippen LogP) is 6.48. The van der Waals surface area contributed by atoms with E-state index in [1.165, 1.54) is 0 Å². The van der Waals surface area contributed by atoms with Crippen molar-refractivity contribution in [3.05, 3.63) is 93.8 Å². The molecular weight excluding hydrogens is 470 g/mol. The number of alkyl carbamates (subject to hydrolysis) is 1. The molecule has 0 aliphatic heterocycles. The van der Waals surface area contributed by atoms with Crippen molar-refractivity contribution in [2.45, 2.75) is 24.8 Å². The van der Waals surface area contributed by atoms with Crippen LogP contribution in [0.25, 0.3) is 21.2 Å². The number of fused-ring (bicyclic) bond motifs is 4. The fourth-order valence-corrected chi connectivity index (χ4v) is 5.76. The maximum absolute atomic E-state index is 12.5. The Labute approximate surface area is 206 Å². The number of carbonyl (C=O) groups is 2. The van der Waals surface area contributed by atoms with Crippen LogP contribution in [0.2, 0.25) is 5.02 Å². The highest BCUT2D eigenvalue weighted by molar-refractivity contribution is 7.17. The normalized spacial score (nSPS) is 13.3. The number of carbonyl (C=O) groups excluding carboxylic acids is 1. The highest BCUT2D eigenvalue weighted by Gasteiger charge is 2.29. The zero-order chi connectivity index (χ0) is 23.7. The number of aryl methyl sites for hydroxylation is 1. The molecule has 0 saturated carbocycles. The molecule has 0 saturated heterocycles. The molecule has 172 valence electrons. The summed E-state index contributed by atoms with van der Waals surface area (Å²) in [6.45, 7) is 0.136. The lowest BCUT2D eigenvalue weighted by molar-refractivity contribution is -0.139. The van der Waals surface area contributed by atoms with Crippen LogP contribution in [-0.4, -0.2) is 29.8 Å². The van der Waals surface area contributed by atoms with Gasteiger partial charge in [0.15, 0.2) is 0 Å². The first-order valence-electron chi connectivity index (χ1n) is 11.0. The molecule has 0 fully saturated rings. The smallest absolute Gasteiger partial charge is 0.407 e. The van der Waals surface area contributed by atoms with Crippen LogP contribution in [0.3, 0.4) is 0 Å². The number of halogens is 1. The lowest BCUT2D eigenvalue weighted by atomic mass is 9.98. The maximum Gasteiger partial charge on any atom is 0.407 e. The lowest BCUT2D eigenvalue weighted by Gasteiger charge is -2.17. The Morgan fingerprint density at radius 2 is 1.71 bits per heavy atom. The van der Waals surface area contributed by atoms with Crippen molar-refractivity contribution in [1.29, 1.82) is 0 Å². The molecule has 0 radical (unpaired) electrons. The molecule has 3 aromatic carbocycles. The lowest BCUT2D eigenvalue weighted by Crippen LogP contribution is -2.41. The summed E-state index contributed by atoms with van der Waals surface area (Å²) in [7, 11) is 0. The van der Waals surface area contributed by atoms with Gasteiger partial charge in [-0.15, -0.1) is 11.3 Å².